The summed E-state index contributed by atoms with van der Waals surface area (Å²) in [6, 6.07) is 26.9. The van der Waals surface area contributed by atoms with Gasteiger partial charge in [0.05, 0.1) is 20.8 Å². The van der Waals surface area contributed by atoms with E-state index in [1.165, 1.54) is 0 Å². The summed E-state index contributed by atoms with van der Waals surface area (Å²) in [5.74, 6) is 2.17. The predicted octanol–water partition coefficient (Wildman–Crippen LogP) is 5.78. The van der Waals surface area contributed by atoms with Crippen molar-refractivity contribution in [2.75, 3.05) is 20.7 Å². The Labute approximate surface area is 232 Å². The van der Waals surface area contributed by atoms with Crippen molar-refractivity contribution >= 4 is 0 Å². The minimum atomic E-state index is -1.63. The number of aliphatic hydroxyl groups is 1. The molecule has 1 unspecified atom stereocenters. The van der Waals surface area contributed by atoms with Gasteiger partial charge in [-0.05, 0) is 65.4 Å². The van der Waals surface area contributed by atoms with Gasteiger partial charge in [0.1, 0.15) is 13.2 Å². The van der Waals surface area contributed by atoms with Gasteiger partial charge >= 0.3 is 0 Å². The fourth-order valence-electron chi connectivity index (χ4n) is 4.89. The summed E-state index contributed by atoms with van der Waals surface area (Å²) in [4.78, 5) is 0. The van der Waals surface area contributed by atoms with Crippen LogP contribution in [0, 0.1) is 0 Å². The van der Waals surface area contributed by atoms with Gasteiger partial charge in [-0.15, -0.1) is 0 Å². The average molecular weight is 528 g/mol. The zero-order chi connectivity index (χ0) is 28.8. The molecule has 6 nitrogen and oxygen atoms in total. The van der Waals surface area contributed by atoms with Crippen molar-refractivity contribution in [2.45, 2.75) is 38.7 Å². The Morgan fingerprint density at radius 1 is 0.821 bits per heavy atom. The van der Waals surface area contributed by atoms with Crippen LogP contribution in [0.2, 0.25) is 0 Å². The van der Waals surface area contributed by atoms with Crippen LogP contribution in [0.1, 0.15) is 42.2 Å². The molecule has 1 aliphatic heterocycles. The average Bonchev–Trinajstić information content (AvgIpc) is 2.99. The molecule has 5 rings (SSSR count). The van der Waals surface area contributed by atoms with Gasteiger partial charge in [-0.1, -0.05) is 66.7 Å². The first-order valence-electron chi connectivity index (χ1n) is 14.0. The fraction of sp³-hybridized carbons (Fsp3) is 0.273. The maximum absolute atomic E-state index is 10.5. The van der Waals surface area contributed by atoms with Crippen LogP contribution < -0.4 is 24.3 Å². The van der Waals surface area contributed by atoms with Crippen molar-refractivity contribution in [3.8, 4) is 23.0 Å². The van der Waals surface area contributed by atoms with E-state index in [1.807, 2.05) is 84.9 Å². The monoisotopic (exact) mass is 527 g/mol. The summed E-state index contributed by atoms with van der Waals surface area (Å²) < 4.78 is 40.7. The van der Waals surface area contributed by atoms with Crippen LogP contribution in [0.4, 0.5) is 0 Å². The predicted molar refractivity (Wildman–Crippen MR) is 152 cm³/mol. The molecule has 1 atom stereocenters. The Morgan fingerprint density at radius 3 is 2.13 bits per heavy atom. The Morgan fingerprint density at radius 2 is 1.49 bits per heavy atom. The van der Waals surface area contributed by atoms with Crippen LogP contribution in [0.5, 0.6) is 23.0 Å². The first-order valence-corrected chi connectivity index (χ1v) is 13.0. The SMILES string of the molecule is [2H]C1([2H])Cc2cc(OC)c(OCc3ccccc3)cc2C(Cc2ccc(OC)c(OCc3ccccc3)c2CO)N1. The van der Waals surface area contributed by atoms with E-state index >= 15 is 0 Å². The summed E-state index contributed by atoms with van der Waals surface area (Å²) in [7, 11) is 3.16. The van der Waals surface area contributed by atoms with E-state index in [4.69, 9.17) is 21.7 Å². The van der Waals surface area contributed by atoms with Crippen molar-refractivity contribution in [3.05, 3.63) is 118 Å². The summed E-state index contributed by atoms with van der Waals surface area (Å²) in [6.45, 7) is -1.18. The summed E-state index contributed by atoms with van der Waals surface area (Å²) >= 11 is 0. The van der Waals surface area contributed by atoms with Crippen LogP contribution in [0.15, 0.2) is 84.9 Å². The van der Waals surface area contributed by atoms with Gasteiger partial charge in [0, 0.05) is 14.3 Å². The molecule has 202 valence electrons. The highest BCUT2D eigenvalue weighted by Crippen LogP contribution is 2.40. The number of benzene rings is 4. The normalized spacial score (nSPS) is 16.4. The van der Waals surface area contributed by atoms with Crippen LogP contribution >= 0.6 is 0 Å². The number of ether oxygens (including phenoxy) is 4. The Hall–Kier alpha value is -4.00. The van der Waals surface area contributed by atoms with Crippen molar-refractivity contribution in [1.29, 1.82) is 0 Å². The lowest BCUT2D eigenvalue weighted by Crippen LogP contribution is -2.31. The molecule has 0 aromatic heterocycles. The molecule has 4 aromatic rings. The molecule has 0 aliphatic carbocycles. The molecule has 0 saturated carbocycles. The van der Waals surface area contributed by atoms with Gasteiger partial charge in [-0.2, -0.15) is 0 Å². The zero-order valence-electron chi connectivity index (χ0n) is 24.3. The Bertz CT molecular complexity index is 1460. The largest absolute Gasteiger partial charge is 0.493 e. The van der Waals surface area contributed by atoms with E-state index in [1.54, 1.807) is 14.2 Å². The number of hydrogen-bond acceptors (Lipinski definition) is 6. The second-order valence-corrected chi connectivity index (χ2v) is 9.40. The Kier molecular flexibility index (Phi) is 7.84. The summed E-state index contributed by atoms with van der Waals surface area (Å²) in [5.41, 5.74) is 5.26. The standard InChI is InChI=1S/C33H35NO5/c1-36-30-14-13-25(28(20-35)33(30)39-22-24-11-7-4-8-12-24)17-29-27-19-32(38-21-23-9-5-3-6-10-23)31(37-2)18-26(27)15-16-34-29/h3-14,18-19,29,34-35H,15-17,20-22H2,1-2H3/i16D2. The molecule has 0 bridgehead atoms. The van der Waals surface area contributed by atoms with Crippen LogP contribution in [0.25, 0.3) is 0 Å². The lowest BCUT2D eigenvalue weighted by atomic mass is 9.88. The van der Waals surface area contributed by atoms with E-state index in [-0.39, 0.29) is 19.1 Å². The molecule has 0 amide bonds. The number of methoxy groups -OCH3 is 2. The molecule has 0 radical (unpaired) electrons. The maximum Gasteiger partial charge on any atom is 0.167 e. The molecular weight excluding hydrogens is 490 g/mol. The maximum atomic E-state index is 10.5. The number of fused-ring (bicyclic) bond motifs is 1. The molecule has 39 heavy (non-hydrogen) atoms. The van der Waals surface area contributed by atoms with Crippen molar-refractivity contribution in [2.24, 2.45) is 0 Å². The molecule has 1 heterocycles. The van der Waals surface area contributed by atoms with Gasteiger partial charge < -0.3 is 29.4 Å². The lowest BCUT2D eigenvalue weighted by molar-refractivity contribution is 0.248. The smallest absolute Gasteiger partial charge is 0.167 e. The molecule has 2 N–H and O–H groups in total. The van der Waals surface area contributed by atoms with Crippen molar-refractivity contribution in [1.82, 2.24) is 5.32 Å². The highest BCUT2D eigenvalue weighted by atomic mass is 16.5. The molecule has 4 aromatic carbocycles. The van der Waals surface area contributed by atoms with Crippen LogP contribution in [0.3, 0.4) is 0 Å². The number of aliphatic hydroxyl groups excluding tert-OH is 1. The van der Waals surface area contributed by atoms with E-state index in [0.29, 0.717) is 48.2 Å². The van der Waals surface area contributed by atoms with Gasteiger partial charge in [-0.25, -0.2) is 0 Å². The topological polar surface area (TPSA) is 69.2 Å². The zero-order valence-corrected chi connectivity index (χ0v) is 22.3. The fourth-order valence-corrected chi connectivity index (χ4v) is 4.89. The minimum Gasteiger partial charge on any atom is -0.493 e. The van der Waals surface area contributed by atoms with Gasteiger partial charge in [0.25, 0.3) is 0 Å². The molecular formula is C33H35NO5. The van der Waals surface area contributed by atoms with Crippen molar-refractivity contribution in [3.63, 3.8) is 0 Å². The number of hydrogen-bond donors (Lipinski definition) is 2. The van der Waals surface area contributed by atoms with Gasteiger partial charge in [0.15, 0.2) is 23.0 Å². The molecule has 1 aliphatic rings. The van der Waals surface area contributed by atoms with Crippen molar-refractivity contribution < 1.29 is 26.8 Å². The van der Waals surface area contributed by atoms with Crippen LogP contribution in [-0.4, -0.2) is 25.8 Å². The minimum absolute atomic E-state index is 0.190. The quantitative estimate of drug-likeness (QED) is 0.258. The molecule has 0 saturated heterocycles. The van der Waals surface area contributed by atoms with Crippen LogP contribution in [-0.2, 0) is 32.7 Å². The molecule has 0 fully saturated rings. The first kappa shape index (κ1) is 24.1. The molecule has 0 spiro atoms. The second-order valence-electron chi connectivity index (χ2n) is 9.40. The number of aryl methyl sites for hydroxylation is 1. The number of nitrogens with one attached hydrogen (secondary N) is 1. The highest BCUT2D eigenvalue weighted by molar-refractivity contribution is 5.53. The summed E-state index contributed by atoms with van der Waals surface area (Å²) in [5, 5.41) is 13.6. The lowest BCUT2D eigenvalue weighted by Gasteiger charge is -2.29. The van der Waals surface area contributed by atoms with E-state index in [0.717, 1.165) is 27.8 Å². The first-order chi connectivity index (χ1) is 19.9. The van der Waals surface area contributed by atoms with E-state index in [2.05, 4.69) is 5.32 Å². The van der Waals surface area contributed by atoms with E-state index < -0.39 is 6.50 Å². The highest BCUT2D eigenvalue weighted by Gasteiger charge is 2.25. The van der Waals surface area contributed by atoms with Gasteiger partial charge in [0.2, 0.25) is 0 Å². The Balaban J connectivity index is 1.47. The summed E-state index contributed by atoms with van der Waals surface area (Å²) in [6.07, 6.45) is 0.605. The van der Waals surface area contributed by atoms with E-state index in [9.17, 15) is 5.11 Å². The molecule has 6 heteroatoms. The number of rotatable bonds is 11. The third-order valence-electron chi connectivity index (χ3n) is 6.94. The third kappa shape index (κ3) is 6.19. The second kappa shape index (κ2) is 12.7. The van der Waals surface area contributed by atoms with Gasteiger partial charge in [-0.3, -0.25) is 0 Å². The third-order valence-corrected chi connectivity index (χ3v) is 6.94.